The van der Waals surface area contributed by atoms with Crippen molar-refractivity contribution in [2.24, 2.45) is 5.73 Å². The molecule has 2 aromatic rings. The summed E-state index contributed by atoms with van der Waals surface area (Å²) in [6, 6.07) is 11.4. The molecule has 0 aliphatic carbocycles. The molecular formula is C14H11Br2NOS. The van der Waals surface area contributed by atoms with E-state index in [1.165, 1.54) is 0 Å². The fourth-order valence-electron chi connectivity index (χ4n) is 1.61. The molecule has 0 aliphatic heterocycles. The van der Waals surface area contributed by atoms with Crippen LogP contribution in [0.3, 0.4) is 0 Å². The van der Waals surface area contributed by atoms with Crippen LogP contribution in [0.5, 0.6) is 11.5 Å². The molecule has 0 amide bonds. The van der Waals surface area contributed by atoms with Crippen LogP contribution in [0, 0.1) is 6.92 Å². The quantitative estimate of drug-likeness (QED) is 0.740. The van der Waals surface area contributed by atoms with Crippen LogP contribution in [-0.2, 0) is 0 Å². The summed E-state index contributed by atoms with van der Waals surface area (Å²) in [5.74, 6) is 1.55. The number of hydrogen-bond donors (Lipinski definition) is 1. The number of ether oxygens (including phenoxy) is 1. The van der Waals surface area contributed by atoms with Gasteiger partial charge in [-0.25, -0.2) is 0 Å². The molecule has 0 spiro atoms. The predicted octanol–water partition coefficient (Wildman–Crippen LogP) is 4.95. The van der Waals surface area contributed by atoms with Crippen LogP contribution in [0.1, 0.15) is 11.1 Å². The Morgan fingerprint density at radius 2 is 1.89 bits per heavy atom. The van der Waals surface area contributed by atoms with Gasteiger partial charge in [-0.2, -0.15) is 0 Å². The van der Waals surface area contributed by atoms with Crippen molar-refractivity contribution >= 4 is 49.1 Å². The summed E-state index contributed by atoms with van der Waals surface area (Å²) in [4.78, 5) is 0.359. The van der Waals surface area contributed by atoms with Crippen molar-refractivity contribution in [1.82, 2.24) is 0 Å². The molecule has 0 heterocycles. The van der Waals surface area contributed by atoms with Crippen LogP contribution >= 0.6 is 44.1 Å². The number of halogens is 2. The first-order valence-corrected chi connectivity index (χ1v) is 7.50. The predicted molar refractivity (Wildman–Crippen MR) is 89.0 cm³/mol. The summed E-state index contributed by atoms with van der Waals surface area (Å²) >= 11 is 11.8. The van der Waals surface area contributed by atoms with E-state index in [9.17, 15) is 0 Å². The molecule has 19 heavy (non-hydrogen) atoms. The zero-order valence-electron chi connectivity index (χ0n) is 10.1. The largest absolute Gasteiger partial charge is 0.457 e. The van der Waals surface area contributed by atoms with Gasteiger partial charge in [-0.05, 0) is 64.8 Å². The van der Waals surface area contributed by atoms with Gasteiger partial charge in [-0.3, -0.25) is 0 Å². The van der Waals surface area contributed by atoms with E-state index in [0.717, 1.165) is 31.6 Å². The molecular weight excluding hydrogens is 390 g/mol. The van der Waals surface area contributed by atoms with Crippen molar-refractivity contribution in [2.45, 2.75) is 6.92 Å². The lowest BCUT2D eigenvalue weighted by molar-refractivity contribution is 0.478. The average Bonchev–Trinajstić information content (AvgIpc) is 2.32. The molecule has 0 bridgehead atoms. The van der Waals surface area contributed by atoms with E-state index >= 15 is 0 Å². The van der Waals surface area contributed by atoms with Crippen molar-refractivity contribution in [1.29, 1.82) is 0 Å². The second-order valence-electron chi connectivity index (χ2n) is 4.02. The standard InChI is InChI=1S/C14H11Br2NOS/c1-8-6-9(15)2-5-13(8)18-10-3-4-11(14(17)19)12(16)7-10/h2-7H,1H3,(H2,17,19). The first kappa shape index (κ1) is 14.5. The summed E-state index contributed by atoms with van der Waals surface area (Å²) in [6.07, 6.45) is 0. The maximum Gasteiger partial charge on any atom is 0.130 e. The molecule has 0 saturated heterocycles. The lowest BCUT2D eigenvalue weighted by atomic mass is 10.2. The monoisotopic (exact) mass is 399 g/mol. The number of thiocarbonyl (C=S) groups is 1. The summed E-state index contributed by atoms with van der Waals surface area (Å²) in [7, 11) is 0. The van der Waals surface area contributed by atoms with Gasteiger partial charge in [0.05, 0.1) is 0 Å². The highest BCUT2D eigenvalue weighted by Gasteiger charge is 2.07. The third kappa shape index (κ3) is 3.55. The van der Waals surface area contributed by atoms with Gasteiger partial charge in [0.2, 0.25) is 0 Å². The van der Waals surface area contributed by atoms with Gasteiger partial charge in [0.25, 0.3) is 0 Å². The first-order chi connectivity index (χ1) is 8.97. The minimum Gasteiger partial charge on any atom is -0.457 e. The van der Waals surface area contributed by atoms with Gasteiger partial charge in [-0.15, -0.1) is 0 Å². The van der Waals surface area contributed by atoms with Gasteiger partial charge in [-0.1, -0.05) is 28.1 Å². The first-order valence-electron chi connectivity index (χ1n) is 5.51. The summed E-state index contributed by atoms with van der Waals surface area (Å²) in [5.41, 5.74) is 7.47. The van der Waals surface area contributed by atoms with Crippen LogP contribution in [-0.4, -0.2) is 4.99 Å². The number of hydrogen-bond acceptors (Lipinski definition) is 2. The normalized spacial score (nSPS) is 10.3. The maximum atomic E-state index is 5.84. The Labute approximate surface area is 134 Å². The van der Waals surface area contributed by atoms with Gasteiger partial charge >= 0.3 is 0 Å². The van der Waals surface area contributed by atoms with Crippen LogP contribution in [0.2, 0.25) is 0 Å². The SMILES string of the molecule is Cc1cc(Br)ccc1Oc1ccc(C(N)=S)c(Br)c1. The molecule has 0 unspecified atom stereocenters. The van der Waals surface area contributed by atoms with Crippen molar-refractivity contribution in [3.8, 4) is 11.5 Å². The Hall–Kier alpha value is -0.910. The van der Waals surface area contributed by atoms with Crippen molar-refractivity contribution in [3.05, 3.63) is 56.5 Å². The summed E-state index contributed by atoms with van der Waals surface area (Å²) in [5, 5.41) is 0. The molecule has 2 rings (SSSR count). The van der Waals surface area contributed by atoms with Gasteiger partial charge in [0, 0.05) is 14.5 Å². The zero-order chi connectivity index (χ0) is 14.0. The second kappa shape index (κ2) is 6.03. The van der Waals surface area contributed by atoms with Crippen molar-refractivity contribution in [3.63, 3.8) is 0 Å². The summed E-state index contributed by atoms with van der Waals surface area (Å²) in [6.45, 7) is 2.00. The summed E-state index contributed by atoms with van der Waals surface area (Å²) < 4.78 is 7.70. The Bertz CT molecular complexity index is 643. The minimum atomic E-state index is 0.359. The highest BCUT2D eigenvalue weighted by molar-refractivity contribution is 9.10. The van der Waals surface area contributed by atoms with E-state index in [-0.39, 0.29) is 0 Å². The van der Waals surface area contributed by atoms with E-state index in [0.29, 0.717) is 4.99 Å². The maximum absolute atomic E-state index is 5.84. The van der Waals surface area contributed by atoms with Gasteiger partial charge < -0.3 is 10.5 Å². The Balaban J connectivity index is 2.29. The smallest absolute Gasteiger partial charge is 0.130 e. The lowest BCUT2D eigenvalue weighted by Gasteiger charge is -2.10. The van der Waals surface area contributed by atoms with E-state index in [4.69, 9.17) is 22.7 Å². The molecule has 2 nitrogen and oxygen atoms in total. The fraction of sp³-hybridized carbons (Fsp3) is 0.0714. The van der Waals surface area contributed by atoms with E-state index in [1.54, 1.807) is 0 Å². The Morgan fingerprint density at radius 1 is 1.16 bits per heavy atom. The van der Waals surface area contributed by atoms with Crippen molar-refractivity contribution < 1.29 is 4.74 Å². The Kier molecular flexibility index (Phi) is 4.60. The molecule has 0 saturated carbocycles. The van der Waals surface area contributed by atoms with E-state index in [1.807, 2.05) is 43.3 Å². The average molecular weight is 401 g/mol. The molecule has 0 radical (unpaired) electrons. The molecule has 2 aromatic carbocycles. The lowest BCUT2D eigenvalue weighted by Crippen LogP contribution is -2.09. The van der Waals surface area contributed by atoms with Crippen LogP contribution in [0.25, 0.3) is 0 Å². The second-order valence-corrected chi connectivity index (χ2v) is 6.23. The molecule has 0 fully saturated rings. The topological polar surface area (TPSA) is 35.2 Å². The van der Waals surface area contributed by atoms with Gasteiger partial charge in [0.1, 0.15) is 16.5 Å². The third-order valence-corrected chi connectivity index (χ3v) is 3.94. The van der Waals surface area contributed by atoms with Crippen LogP contribution in [0.4, 0.5) is 0 Å². The van der Waals surface area contributed by atoms with E-state index in [2.05, 4.69) is 31.9 Å². The highest BCUT2D eigenvalue weighted by atomic mass is 79.9. The fourth-order valence-corrected chi connectivity index (χ4v) is 2.97. The molecule has 5 heteroatoms. The molecule has 0 aromatic heterocycles. The highest BCUT2D eigenvalue weighted by Crippen LogP contribution is 2.30. The third-order valence-electron chi connectivity index (χ3n) is 2.57. The molecule has 2 N–H and O–H groups in total. The molecule has 0 aliphatic rings. The van der Waals surface area contributed by atoms with E-state index < -0.39 is 0 Å². The number of nitrogens with two attached hydrogens (primary N) is 1. The molecule has 0 atom stereocenters. The van der Waals surface area contributed by atoms with Crippen LogP contribution in [0.15, 0.2) is 45.3 Å². The van der Waals surface area contributed by atoms with Crippen molar-refractivity contribution in [2.75, 3.05) is 0 Å². The van der Waals surface area contributed by atoms with Gasteiger partial charge in [0.15, 0.2) is 0 Å². The Morgan fingerprint density at radius 3 is 2.47 bits per heavy atom. The molecule has 98 valence electrons. The minimum absolute atomic E-state index is 0.359. The zero-order valence-corrected chi connectivity index (χ0v) is 14.1. The number of benzene rings is 2. The number of aryl methyl sites for hydroxylation is 1. The number of rotatable bonds is 3. The van der Waals surface area contributed by atoms with Crippen LogP contribution < -0.4 is 10.5 Å².